The van der Waals surface area contributed by atoms with E-state index in [4.69, 9.17) is 4.74 Å². The first-order chi connectivity index (χ1) is 12.3. The van der Waals surface area contributed by atoms with Crippen molar-refractivity contribution in [2.24, 2.45) is 7.05 Å². The zero-order chi connectivity index (χ0) is 19.3. The standard InChI is InChI=1S/C17H22N4O4S/c1-10-15(11(2)21(4)20-10)19-16(23)12(3)25-14(22)7-8-18-17(24)13-6-5-9-26-13/h5-6,9,12H,7-8H2,1-4H3,(H,18,24)(H,19,23). The quantitative estimate of drug-likeness (QED) is 0.715. The van der Waals surface area contributed by atoms with Gasteiger partial charge in [0.05, 0.1) is 28.4 Å². The Bertz CT molecular complexity index is 798. The fraction of sp³-hybridized carbons (Fsp3) is 0.412. The summed E-state index contributed by atoms with van der Waals surface area (Å²) in [7, 11) is 1.78. The van der Waals surface area contributed by atoms with Crippen LogP contribution in [0, 0.1) is 13.8 Å². The number of thiophene rings is 1. The molecule has 0 aromatic carbocycles. The van der Waals surface area contributed by atoms with Crippen LogP contribution in [0.5, 0.6) is 0 Å². The molecule has 26 heavy (non-hydrogen) atoms. The van der Waals surface area contributed by atoms with Crippen LogP contribution in [-0.4, -0.2) is 40.2 Å². The molecule has 0 radical (unpaired) electrons. The summed E-state index contributed by atoms with van der Waals surface area (Å²) in [6.45, 7) is 5.27. The van der Waals surface area contributed by atoms with Gasteiger partial charge in [-0.2, -0.15) is 5.10 Å². The maximum atomic E-state index is 12.2. The van der Waals surface area contributed by atoms with Crippen LogP contribution in [0.2, 0.25) is 0 Å². The molecule has 2 amide bonds. The molecule has 0 bridgehead atoms. The molecule has 0 saturated heterocycles. The lowest BCUT2D eigenvalue weighted by Crippen LogP contribution is -2.32. The summed E-state index contributed by atoms with van der Waals surface area (Å²) < 4.78 is 6.78. The van der Waals surface area contributed by atoms with Gasteiger partial charge in [0.2, 0.25) is 0 Å². The van der Waals surface area contributed by atoms with E-state index in [2.05, 4.69) is 15.7 Å². The molecule has 2 aromatic heterocycles. The van der Waals surface area contributed by atoms with E-state index in [1.807, 2.05) is 6.92 Å². The van der Waals surface area contributed by atoms with Crippen molar-refractivity contribution in [3.63, 3.8) is 0 Å². The van der Waals surface area contributed by atoms with Gasteiger partial charge in [0.1, 0.15) is 0 Å². The number of anilines is 1. The maximum absolute atomic E-state index is 12.2. The summed E-state index contributed by atoms with van der Waals surface area (Å²) in [4.78, 5) is 36.4. The first-order valence-corrected chi connectivity index (χ1v) is 8.99. The lowest BCUT2D eigenvalue weighted by molar-refractivity contribution is -0.153. The average Bonchev–Trinajstić information content (AvgIpc) is 3.19. The molecule has 140 valence electrons. The van der Waals surface area contributed by atoms with Crippen molar-refractivity contribution < 1.29 is 19.1 Å². The Kier molecular flexibility index (Phi) is 6.51. The highest BCUT2D eigenvalue weighted by Crippen LogP contribution is 2.18. The van der Waals surface area contributed by atoms with Gasteiger partial charge in [-0.25, -0.2) is 0 Å². The predicted octanol–water partition coefficient (Wildman–Crippen LogP) is 1.79. The largest absolute Gasteiger partial charge is 0.452 e. The van der Waals surface area contributed by atoms with Crippen LogP contribution in [0.4, 0.5) is 5.69 Å². The van der Waals surface area contributed by atoms with E-state index in [1.54, 1.807) is 36.2 Å². The predicted molar refractivity (Wildman–Crippen MR) is 98.1 cm³/mol. The van der Waals surface area contributed by atoms with Crippen LogP contribution < -0.4 is 10.6 Å². The third-order valence-electron chi connectivity index (χ3n) is 3.79. The van der Waals surface area contributed by atoms with Crippen molar-refractivity contribution in [2.75, 3.05) is 11.9 Å². The van der Waals surface area contributed by atoms with E-state index in [0.717, 1.165) is 5.69 Å². The molecule has 0 spiro atoms. The molecule has 2 heterocycles. The SMILES string of the molecule is Cc1nn(C)c(C)c1NC(=O)C(C)OC(=O)CCNC(=O)c1cccs1. The number of hydrogen-bond acceptors (Lipinski definition) is 6. The van der Waals surface area contributed by atoms with E-state index < -0.39 is 18.0 Å². The Balaban J connectivity index is 1.77. The van der Waals surface area contributed by atoms with Gasteiger partial charge in [-0.15, -0.1) is 11.3 Å². The number of ether oxygens (including phenoxy) is 1. The highest BCUT2D eigenvalue weighted by molar-refractivity contribution is 7.12. The number of aromatic nitrogens is 2. The summed E-state index contributed by atoms with van der Waals surface area (Å²) in [5, 5.41) is 11.4. The molecule has 0 aliphatic carbocycles. The summed E-state index contributed by atoms with van der Waals surface area (Å²) in [6.07, 6.45) is -0.964. The van der Waals surface area contributed by atoms with Crippen LogP contribution in [0.1, 0.15) is 34.4 Å². The van der Waals surface area contributed by atoms with Crippen molar-refractivity contribution in [1.29, 1.82) is 0 Å². The van der Waals surface area contributed by atoms with Crippen molar-refractivity contribution in [2.45, 2.75) is 33.3 Å². The lowest BCUT2D eigenvalue weighted by Gasteiger charge is -2.14. The van der Waals surface area contributed by atoms with Gasteiger partial charge in [-0.05, 0) is 32.2 Å². The van der Waals surface area contributed by atoms with E-state index >= 15 is 0 Å². The van der Waals surface area contributed by atoms with Crippen LogP contribution in [0.3, 0.4) is 0 Å². The van der Waals surface area contributed by atoms with Crippen molar-refractivity contribution in [3.05, 3.63) is 33.8 Å². The number of nitrogens with one attached hydrogen (secondary N) is 2. The lowest BCUT2D eigenvalue weighted by atomic mass is 10.3. The molecule has 2 rings (SSSR count). The summed E-state index contributed by atoms with van der Waals surface area (Å²) >= 11 is 1.32. The first kappa shape index (κ1) is 19.6. The first-order valence-electron chi connectivity index (χ1n) is 8.11. The van der Waals surface area contributed by atoms with Crippen molar-refractivity contribution in [1.82, 2.24) is 15.1 Å². The molecule has 0 aliphatic heterocycles. The van der Waals surface area contributed by atoms with Crippen LogP contribution >= 0.6 is 11.3 Å². The molecule has 1 unspecified atom stereocenters. The number of carbonyl (C=O) groups excluding carboxylic acids is 3. The topological polar surface area (TPSA) is 102 Å². The third-order valence-corrected chi connectivity index (χ3v) is 4.66. The summed E-state index contributed by atoms with van der Waals surface area (Å²) in [5.41, 5.74) is 2.11. The molecule has 0 aliphatic rings. The second kappa shape index (κ2) is 8.61. The fourth-order valence-electron chi connectivity index (χ4n) is 2.26. The van der Waals surface area contributed by atoms with E-state index in [-0.39, 0.29) is 18.9 Å². The van der Waals surface area contributed by atoms with Crippen molar-refractivity contribution in [3.8, 4) is 0 Å². The molecule has 2 aromatic rings. The zero-order valence-electron chi connectivity index (χ0n) is 15.2. The second-order valence-electron chi connectivity index (χ2n) is 5.77. The van der Waals surface area contributed by atoms with Crippen LogP contribution in [-0.2, 0) is 21.4 Å². The van der Waals surface area contributed by atoms with E-state index in [1.165, 1.54) is 18.3 Å². The number of esters is 1. The number of nitrogens with zero attached hydrogens (tertiary/aromatic N) is 2. The molecular formula is C17H22N4O4S. The highest BCUT2D eigenvalue weighted by Gasteiger charge is 2.20. The summed E-state index contributed by atoms with van der Waals surface area (Å²) in [6, 6.07) is 3.48. The minimum absolute atomic E-state index is 0.0142. The van der Waals surface area contributed by atoms with Gasteiger partial charge in [-0.3, -0.25) is 19.1 Å². The second-order valence-corrected chi connectivity index (χ2v) is 6.72. The number of aryl methyl sites for hydroxylation is 2. The monoisotopic (exact) mass is 378 g/mol. The molecule has 2 N–H and O–H groups in total. The Morgan fingerprint density at radius 3 is 2.65 bits per heavy atom. The minimum Gasteiger partial charge on any atom is -0.452 e. The maximum Gasteiger partial charge on any atom is 0.308 e. The van der Waals surface area contributed by atoms with Crippen molar-refractivity contribution >= 4 is 34.8 Å². The van der Waals surface area contributed by atoms with Crippen LogP contribution in [0.15, 0.2) is 17.5 Å². The molecular weight excluding hydrogens is 356 g/mol. The number of amides is 2. The summed E-state index contributed by atoms with van der Waals surface area (Å²) in [5.74, 6) is -1.22. The fourth-order valence-corrected chi connectivity index (χ4v) is 2.90. The molecule has 1 atom stereocenters. The molecule has 0 saturated carbocycles. The minimum atomic E-state index is -0.950. The van der Waals surface area contributed by atoms with Gasteiger partial charge in [0.25, 0.3) is 11.8 Å². The van der Waals surface area contributed by atoms with Gasteiger partial charge in [0.15, 0.2) is 6.10 Å². The Labute approximate surface area is 155 Å². The van der Waals surface area contributed by atoms with E-state index in [9.17, 15) is 14.4 Å². The third kappa shape index (κ3) is 4.92. The number of rotatable bonds is 7. The molecule has 8 nitrogen and oxygen atoms in total. The zero-order valence-corrected chi connectivity index (χ0v) is 16.0. The molecule has 9 heteroatoms. The smallest absolute Gasteiger partial charge is 0.308 e. The van der Waals surface area contributed by atoms with Crippen LogP contribution in [0.25, 0.3) is 0 Å². The normalized spacial score (nSPS) is 11.7. The van der Waals surface area contributed by atoms with Gasteiger partial charge < -0.3 is 15.4 Å². The Hall–Kier alpha value is -2.68. The van der Waals surface area contributed by atoms with Gasteiger partial charge >= 0.3 is 5.97 Å². The number of hydrogen-bond donors (Lipinski definition) is 2. The van der Waals surface area contributed by atoms with E-state index in [0.29, 0.717) is 16.3 Å². The highest BCUT2D eigenvalue weighted by atomic mass is 32.1. The number of carbonyl (C=O) groups is 3. The Morgan fingerprint density at radius 1 is 1.35 bits per heavy atom. The van der Waals surface area contributed by atoms with Gasteiger partial charge in [-0.1, -0.05) is 6.07 Å². The Morgan fingerprint density at radius 2 is 2.08 bits per heavy atom. The van der Waals surface area contributed by atoms with Gasteiger partial charge in [0, 0.05) is 13.6 Å². The molecule has 0 fully saturated rings. The average molecular weight is 378 g/mol.